The van der Waals surface area contributed by atoms with Crippen LogP contribution in [0, 0.1) is 22.7 Å². The van der Waals surface area contributed by atoms with Crippen molar-refractivity contribution >= 4 is 5.97 Å². The standard InChI is InChI=1S/C24H37NO4/c1-17-6-9-21-23(2,11-5-12-24(21,3)22(27)28-4)19(17)8-7-18-10-15-29-20(18)16-25-13-14-26/h10,15,19,21,25-26H,1,5-9,11-14,16H2,2-4H3/p+1/t19-,21+,23+,24-/m0/s1. The van der Waals surface area contributed by atoms with Gasteiger partial charge in [0.05, 0.1) is 31.9 Å². The second kappa shape index (κ2) is 9.05. The number of aliphatic hydroxyl groups is 1. The minimum Gasteiger partial charge on any atom is -0.469 e. The van der Waals surface area contributed by atoms with Gasteiger partial charge in [0.2, 0.25) is 0 Å². The maximum Gasteiger partial charge on any atom is 0.311 e. The zero-order valence-corrected chi connectivity index (χ0v) is 18.3. The first-order valence-corrected chi connectivity index (χ1v) is 11.1. The predicted octanol–water partition coefficient (Wildman–Crippen LogP) is 3.22. The lowest BCUT2D eigenvalue weighted by Gasteiger charge is -2.57. The largest absolute Gasteiger partial charge is 0.469 e. The van der Waals surface area contributed by atoms with Crippen LogP contribution in [0.25, 0.3) is 0 Å². The Bertz CT molecular complexity index is 726. The van der Waals surface area contributed by atoms with Crippen molar-refractivity contribution in [2.75, 3.05) is 20.3 Å². The molecule has 0 radical (unpaired) electrons. The van der Waals surface area contributed by atoms with Crippen LogP contribution in [-0.2, 0) is 22.5 Å². The molecule has 0 amide bonds. The number of nitrogens with two attached hydrogens (primary N) is 1. The molecule has 2 fully saturated rings. The van der Waals surface area contributed by atoms with E-state index in [2.05, 4.69) is 31.8 Å². The molecule has 3 N–H and O–H groups in total. The van der Waals surface area contributed by atoms with Gasteiger partial charge < -0.3 is 19.6 Å². The summed E-state index contributed by atoms with van der Waals surface area (Å²) in [6.45, 7) is 10.6. The molecule has 5 nitrogen and oxygen atoms in total. The number of carbonyl (C=O) groups is 1. The first kappa shape index (κ1) is 22.1. The molecule has 0 bridgehead atoms. The molecule has 29 heavy (non-hydrogen) atoms. The minimum absolute atomic E-state index is 0.0452. The summed E-state index contributed by atoms with van der Waals surface area (Å²) in [4.78, 5) is 12.7. The van der Waals surface area contributed by atoms with Gasteiger partial charge in [-0.3, -0.25) is 4.79 Å². The van der Waals surface area contributed by atoms with Crippen molar-refractivity contribution in [3.63, 3.8) is 0 Å². The normalized spacial score (nSPS) is 32.1. The molecule has 0 unspecified atom stereocenters. The number of furan rings is 1. The van der Waals surface area contributed by atoms with Crippen molar-refractivity contribution in [2.24, 2.45) is 22.7 Å². The quantitative estimate of drug-likeness (QED) is 0.396. The number of aliphatic hydroxyl groups excluding tert-OH is 1. The fourth-order valence-electron chi connectivity index (χ4n) is 6.35. The number of ether oxygens (including phenoxy) is 1. The smallest absolute Gasteiger partial charge is 0.311 e. The predicted molar refractivity (Wildman–Crippen MR) is 112 cm³/mol. The van der Waals surface area contributed by atoms with E-state index in [4.69, 9.17) is 14.3 Å². The van der Waals surface area contributed by atoms with Crippen molar-refractivity contribution < 1.29 is 24.4 Å². The second-order valence-electron chi connectivity index (χ2n) is 9.48. The molecule has 1 aromatic rings. The van der Waals surface area contributed by atoms with Crippen molar-refractivity contribution in [3.05, 3.63) is 35.8 Å². The van der Waals surface area contributed by atoms with Crippen LogP contribution in [0.1, 0.15) is 63.7 Å². The van der Waals surface area contributed by atoms with Gasteiger partial charge in [-0.1, -0.05) is 25.5 Å². The van der Waals surface area contributed by atoms with Gasteiger partial charge in [0, 0.05) is 0 Å². The average Bonchev–Trinajstić information content (AvgIpc) is 3.14. The topological polar surface area (TPSA) is 76.3 Å². The number of allylic oxidation sites excluding steroid dienone is 1. The Balaban J connectivity index is 1.76. The molecule has 2 aliphatic rings. The molecule has 1 heterocycles. The summed E-state index contributed by atoms with van der Waals surface area (Å²) in [5.74, 6) is 1.71. The first-order chi connectivity index (χ1) is 13.9. The van der Waals surface area contributed by atoms with E-state index in [1.807, 2.05) is 0 Å². The summed E-state index contributed by atoms with van der Waals surface area (Å²) in [6, 6.07) is 2.08. The fourth-order valence-corrected chi connectivity index (χ4v) is 6.35. The van der Waals surface area contributed by atoms with Gasteiger partial charge >= 0.3 is 5.97 Å². The van der Waals surface area contributed by atoms with Crippen LogP contribution in [0.4, 0.5) is 0 Å². The fraction of sp³-hybridized carbons (Fsp3) is 0.708. The molecule has 0 aliphatic heterocycles. The zero-order chi connectivity index (χ0) is 21.1. The van der Waals surface area contributed by atoms with E-state index in [-0.39, 0.29) is 23.4 Å². The molecule has 0 aromatic carbocycles. The maximum atomic E-state index is 12.7. The third kappa shape index (κ3) is 4.17. The number of methoxy groups -OCH3 is 1. The van der Waals surface area contributed by atoms with Crippen LogP contribution in [0.5, 0.6) is 0 Å². The Labute approximate surface area is 174 Å². The molecule has 0 saturated heterocycles. The van der Waals surface area contributed by atoms with E-state index in [0.29, 0.717) is 18.4 Å². The lowest BCUT2D eigenvalue weighted by atomic mass is 9.46. The Morgan fingerprint density at radius 2 is 2.21 bits per heavy atom. The summed E-state index contributed by atoms with van der Waals surface area (Å²) in [7, 11) is 1.52. The number of carbonyl (C=O) groups excluding carboxylic acids is 1. The maximum absolute atomic E-state index is 12.7. The van der Waals surface area contributed by atoms with Crippen molar-refractivity contribution in [3.8, 4) is 0 Å². The van der Waals surface area contributed by atoms with E-state index in [1.165, 1.54) is 18.2 Å². The van der Waals surface area contributed by atoms with Gasteiger partial charge in [0.1, 0.15) is 6.54 Å². The molecule has 1 aromatic heterocycles. The molecule has 3 rings (SSSR count). The highest BCUT2D eigenvalue weighted by molar-refractivity contribution is 5.77. The van der Waals surface area contributed by atoms with Crippen LogP contribution in [0.3, 0.4) is 0 Å². The molecular weight excluding hydrogens is 366 g/mol. The van der Waals surface area contributed by atoms with E-state index < -0.39 is 0 Å². The van der Waals surface area contributed by atoms with Crippen LogP contribution >= 0.6 is 0 Å². The Morgan fingerprint density at radius 1 is 1.41 bits per heavy atom. The van der Waals surface area contributed by atoms with E-state index in [1.54, 1.807) is 6.26 Å². The van der Waals surface area contributed by atoms with Crippen molar-refractivity contribution in [1.82, 2.24) is 0 Å². The van der Waals surface area contributed by atoms with Gasteiger partial charge in [-0.15, -0.1) is 0 Å². The van der Waals surface area contributed by atoms with Crippen molar-refractivity contribution in [2.45, 2.75) is 65.3 Å². The van der Waals surface area contributed by atoms with Crippen LogP contribution in [-0.4, -0.2) is 31.3 Å². The molecule has 0 spiro atoms. The molecule has 162 valence electrons. The molecule has 4 atom stereocenters. The molecule has 2 aliphatic carbocycles. The van der Waals surface area contributed by atoms with Crippen LogP contribution in [0.2, 0.25) is 0 Å². The van der Waals surface area contributed by atoms with E-state index in [9.17, 15) is 4.79 Å². The van der Waals surface area contributed by atoms with Crippen LogP contribution in [0.15, 0.2) is 28.9 Å². The number of rotatable bonds is 8. The molecule has 2 saturated carbocycles. The summed E-state index contributed by atoms with van der Waals surface area (Å²) >= 11 is 0. The number of aryl methyl sites for hydroxylation is 1. The highest BCUT2D eigenvalue weighted by atomic mass is 16.5. The monoisotopic (exact) mass is 404 g/mol. The van der Waals surface area contributed by atoms with Crippen LogP contribution < -0.4 is 5.32 Å². The third-order valence-corrected chi connectivity index (χ3v) is 7.87. The zero-order valence-electron chi connectivity index (χ0n) is 18.3. The minimum atomic E-state index is -0.388. The number of hydrogen-bond acceptors (Lipinski definition) is 4. The number of fused-ring (bicyclic) bond motifs is 1. The highest BCUT2D eigenvalue weighted by Crippen LogP contribution is 2.62. The Kier molecular flexibility index (Phi) is 6.90. The van der Waals surface area contributed by atoms with Gasteiger partial charge in [0.25, 0.3) is 0 Å². The Morgan fingerprint density at radius 3 is 2.93 bits per heavy atom. The second-order valence-corrected chi connectivity index (χ2v) is 9.48. The number of quaternary nitrogens is 1. The van der Waals surface area contributed by atoms with Gasteiger partial charge in [-0.05, 0) is 74.3 Å². The molecule has 5 heteroatoms. The van der Waals surface area contributed by atoms with E-state index in [0.717, 1.165) is 57.3 Å². The number of hydrogen-bond donors (Lipinski definition) is 2. The number of esters is 1. The van der Waals surface area contributed by atoms with Gasteiger partial charge in [-0.25, -0.2) is 0 Å². The summed E-state index contributed by atoms with van der Waals surface area (Å²) in [6.07, 6.45) is 8.93. The summed E-state index contributed by atoms with van der Waals surface area (Å²) in [5, 5.41) is 11.1. The third-order valence-electron chi connectivity index (χ3n) is 7.87. The van der Waals surface area contributed by atoms with Gasteiger partial charge in [0.15, 0.2) is 5.76 Å². The SMILES string of the molecule is C=C1CC[C@@H]2[C@](C)(CCC[C@]2(C)C(=O)OC)[C@H]1CCc1ccoc1C[NH2+]CCO. The van der Waals surface area contributed by atoms with Gasteiger partial charge in [-0.2, -0.15) is 0 Å². The highest BCUT2D eigenvalue weighted by Gasteiger charge is 2.57. The summed E-state index contributed by atoms with van der Waals surface area (Å²) in [5.41, 5.74) is 2.29. The average molecular weight is 405 g/mol. The van der Waals surface area contributed by atoms with E-state index >= 15 is 0 Å². The van der Waals surface area contributed by atoms with Crippen molar-refractivity contribution in [1.29, 1.82) is 0 Å². The lowest BCUT2D eigenvalue weighted by molar-refractivity contribution is -0.673. The lowest BCUT2D eigenvalue weighted by Crippen LogP contribution is -2.83. The first-order valence-electron chi connectivity index (χ1n) is 11.1. The Hall–Kier alpha value is -1.59. The summed E-state index contributed by atoms with van der Waals surface area (Å²) < 4.78 is 10.9. The molecular formula is C24H38NO4+.